The van der Waals surface area contributed by atoms with E-state index < -0.39 is 0 Å². The Morgan fingerprint density at radius 2 is 1.49 bits per heavy atom. The number of pyridine rings is 2. The second-order valence-corrected chi connectivity index (χ2v) is 11.8. The average Bonchev–Trinajstić information content (AvgIpc) is 3.06. The van der Waals surface area contributed by atoms with Gasteiger partial charge in [-0.3, -0.25) is 19.6 Å². The predicted octanol–water partition coefficient (Wildman–Crippen LogP) is 6.06. The molecule has 0 bridgehead atoms. The molecule has 0 aliphatic heterocycles. The van der Waals surface area contributed by atoms with E-state index in [0.717, 1.165) is 34.9 Å². The van der Waals surface area contributed by atoms with Gasteiger partial charge in [0.15, 0.2) is 0 Å². The molecule has 2 aromatic heterocycles. The van der Waals surface area contributed by atoms with Gasteiger partial charge in [-0.2, -0.15) is 0 Å². The monoisotopic (exact) mass is 588 g/mol. The maximum Gasteiger partial charge on any atom is 0.253 e. The van der Waals surface area contributed by atoms with Crippen LogP contribution < -0.4 is 10.6 Å². The number of benzene rings is 3. The maximum absolute atomic E-state index is 13.5. The number of aromatic nitrogens is 2. The number of nitrogens with zero attached hydrogens (tertiary/aromatic N) is 2. The largest absolute Gasteiger partial charge is 0.355 e. The molecule has 0 unspecified atom stereocenters. The normalized spacial score (nSPS) is 12.4. The lowest BCUT2D eigenvalue weighted by molar-refractivity contribution is -0.120. The topological polar surface area (TPSA) is 84.0 Å². The summed E-state index contributed by atoms with van der Waals surface area (Å²) in [5.41, 5.74) is 3.94. The molecule has 3 aromatic carbocycles. The van der Waals surface area contributed by atoms with Crippen LogP contribution in [0.4, 0.5) is 0 Å². The molecule has 2 N–H and O–H groups in total. The quantitative estimate of drug-likeness (QED) is 0.154. The fraction of sp³-hybridized carbons (Fsp3) is 0.222. The van der Waals surface area contributed by atoms with Gasteiger partial charge >= 0.3 is 0 Å². The van der Waals surface area contributed by atoms with Gasteiger partial charge in [0.1, 0.15) is 0 Å². The lowest BCUT2D eigenvalue weighted by Gasteiger charge is -2.23. The Hall–Kier alpha value is -4.49. The van der Waals surface area contributed by atoms with Crippen LogP contribution in [0.3, 0.4) is 0 Å². The van der Waals surface area contributed by atoms with Gasteiger partial charge in [-0.1, -0.05) is 78.9 Å². The van der Waals surface area contributed by atoms with Gasteiger partial charge in [-0.25, -0.2) is 0 Å². The van der Waals surface area contributed by atoms with Crippen molar-refractivity contribution in [3.8, 4) is 0 Å². The van der Waals surface area contributed by atoms with Crippen LogP contribution in [0.25, 0.3) is 10.8 Å². The zero-order valence-electron chi connectivity index (χ0n) is 24.1. The van der Waals surface area contributed by atoms with Crippen molar-refractivity contribution in [3.05, 3.63) is 144 Å². The van der Waals surface area contributed by atoms with E-state index in [-0.39, 0.29) is 23.1 Å². The van der Waals surface area contributed by atoms with E-state index in [1.54, 1.807) is 42.5 Å². The Labute approximate surface area is 257 Å². The van der Waals surface area contributed by atoms with Crippen molar-refractivity contribution in [2.45, 2.75) is 37.0 Å². The smallest absolute Gasteiger partial charge is 0.253 e. The van der Waals surface area contributed by atoms with Crippen LogP contribution in [0, 0.1) is 0 Å². The molecular formula is C36H36N4O2S. The molecule has 0 spiro atoms. The second kappa shape index (κ2) is 15.7. The van der Waals surface area contributed by atoms with Gasteiger partial charge in [0.2, 0.25) is 5.91 Å². The summed E-state index contributed by atoms with van der Waals surface area (Å²) in [5, 5.41) is 8.43. The molecule has 43 heavy (non-hydrogen) atoms. The number of thioether (sulfide) groups is 1. The van der Waals surface area contributed by atoms with Crippen LogP contribution in [-0.2, 0) is 24.1 Å². The Balaban J connectivity index is 1.30. The number of amides is 2. The van der Waals surface area contributed by atoms with Crippen LogP contribution in [-0.4, -0.2) is 45.4 Å². The Morgan fingerprint density at radius 3 is 2.28 bits per heavy atom. The highest BCUT2D eigenvalue weighted by Crippen LogP contribution is 2.23. The standard InChI is InChI=1S/C36H36N4O2S/c41-35(31-17-9-20-38-25-31)40-32(23-30-16-6-15-29-14-4-5-18-33(29)30)26-43-34(22-27-10-2-1-3-11-27)36(42)39-21-8-13-28-12-7-19-37-24-28/h1-7,9-12,14-20,24-25,32,34H,8,13,21-23,26H2,(H,39,42)(H,40,41)/t32-,34-/m0/s1. The van der Waals surface area contributed by atoms with Crippen molar-refractivity contribution < 1.29 is 9.59 Å². The molecule has 0 fully saturated rings. The summed E-state index contributed by atoms with van der Waals surface area (Å²) in [6.07, 6.45) is 9.82. The zero-order valence-corrected chi connectivity index (χ0v) is 24.9. The van der Waals surface area contributed by atoms with Gasteiger partial charge < -0.3 is 10.6 Å². The molecule has 0 radical (unpaired) electrons. The van der Waals surface area contributed by atoms with Gasteiger partial charge in [0, 0.05) is 43.1 Å². The number of hydrogen-bond acceptors (Lipinski definition) is 5. The van der Waals surface area contributed by atoms with Crippen molar-refractivity contribution in [2.24, 2.45) is 0 Å². The highest BCUT2D eigenvalue weighted by molar-refractivity contribution is 8.00. The lowest BCUT2D eigenvalue weighted by Crippen LogP contribution is -2.40. The Bertz CT molecular complexity index is 1590. The van der Waals surface area contributed by atoms with Gasteiger partial charge in [0.25, 0.3) is 5.91 Å². The van der Waals surface area contributed by atoms with Gasteiger partial charge in [0.05, 0.1) is 10.8 Å². The Morgan fingerprint density at radius 1 is 0.744 bits per heavy atom. The highest BCUT2D eigenvalue weighted by Gasteiger charge is 2.23. The lowest BCUT2D eigenvalue weighted by atomic mass is 9.99. The Kier molecular flexibility index (Phi) is 10.9. The first-order valence-corrected chi connectivity index (χ1v) is 15.7. The molecule has 218 valence electrons. The fourth-order valence-corrected chi connectivity index (χ4v) is 6.32. The van der Waals surface area contributed by atoms with E-state index in [1.807, 2.05) is 42.6 Å². The number of rotatable bonds is 14. The molecule has 0 saturated carbocycles. The van der Waals surface area contributed by atoms with E-state index in [1.165, 1.54) is 5.39 Å². The minimum absolute atomic E-state index is 0.0162. The minimum atomic E-state index is -0.300. The molecule has 6 nitrogen and oxygen atoms in total. The van der Waals surface area contributed by atoms with Crippen molar-refractivity contribution in [1.82, 2.24) is 20.6 Å². The van der Waals surface area contributed by atoms with Crippen molar-refractivity contribution >= 4 is 34.3 Å². The maximum atomic E-state index is 13.5. The highest BCUT2D eigenvalue weighted by atomic mass is 32.2. The number of nitrogens with one attached hydrogen (secondary N) is 2. The van der Waals surface area contributed by atoms with Crippen LogP contribution in [0.2, 0.25) is 0 Å². The summed E-state index contributed by atoms with van der Waals surface area (Å²) >= 11 is 1.60. The van der Waals surface area contributed by atoms with E-state index in [4.69, 9.17) is 0 Å². The molecule has 0 aliphatic carbocycles. The SMILES string of the molecule is O=C(N[C@H](CS[C@@H](Cc1ccccc1)C(=O)NCCCc1cccnc1)Cc1cccc2ccccc12)c1cccnc1. The van der Waals surface area contributed by atoms with Crippen LogP contribution in [0.1, 0.15) is 33.5 Å². The first-order chi connectivity index (χ1) is 21.2. The van der Waals surface area contributed by atoms with E-state index >= 15 is 0 Å². The van der Waals surface area contributed by atoms with Crippen LogP contribution in [0.5, 0.6) is 0 Å². The molecule has 2 amide bonds. The zero-order chi connectivity index (χ0) is 29.7. The second-order valence-electron chi connectivity index (χ2n) is 10.5. The minimum Gasteiger partial charge on any atom is -0.355 e. The molecule has 0 aliphatic rings. The van der Waals surface area contributed by atoms with Crippen molar-refractivity contribution in [3.63, 3.8) is 0 Å². The summed E-state index contributed by atoms with van der Waals surface area (Å²) < 4.78 is 0. The molecule has 5 aromatic rings. The third-order valence-corrected chi connectivity index (χ3v) is 8.70. The summed E-state index contributed by atoms with van der Waals surface area (Å²) in [4.78, 5) is 35.0. The molecule has 5 rings (SSSR count). The van der Waals surface area contributed by atoms with Crippen molar-refractivity contribution in [1.29, 1.82) is 0 Å². The molecule has 2 atom stereocenters. The van der Waals surface area contributed by atoms with E-state index in [0.29, 0.717) is 30.7 Å². The van der Waals surface area contributed by atoms with Crippen LogP contribution >= 0.6 is 11.8 Å². The third-order valence-electron chi connectivity index (χ3n) is 7.32. The first-order valence-electron chi connectivity index (χ1n) is 14.7. The van der Waals surface area contributed by atoms with Crippen molar-refractivity contribution in [2.75, 3.05) is 12.3 Å². The number of carbonyl (C=O) groups is 2. The fourth-order valence-electron chi connectivity index (χ4n) is 5.11. The van der Waals surface area contributed by atoms with Gasteiger partial charge in [-0.15, -0.1) is 11.8 Å². The number of aryl methyl sites for hydroxylation is 1. The molecule has 7 heteroatoms. The molecule has 0 saturated heterocycles. The summed E-state index contributed by atoms with van der Waals surface area (Å²) in [6.45, 7) is 0.594. The summed E-state index contributed by atoms with van der Waals surface area (Å²) in [6, 6.07) is 32.0. The number of carbonyl (C=O) groups excluding carboxylic acids is 2. The number of fused-ring (bicyclic) bond motifs is 1. The first kappa shape index (κ1) is 30.0. The van der Waals surface area contributed by atoms with Crippen LogP contribution in [0.15, 0.2) is 122 Å². The van der Waals surface area contributed by atoms with Gasteiger partial charge in [-0.05, 0) is 71.3 Å². The average molecular weight is 589 g/mol. The van der Waals surface area contributed by atoms with E-state index in [9.17, 15) is 9.59 Å². The van der Waals surface area contributed by atoms with E-state index in [2.05, 4.69) is 69.1 Å². The summed E-state index contributed by atoms with van der Waals surface area (Å²) in [5.74, 6) is 0.427. The predicted molar refractivity (Wildman–Crippen MR) is 175 cm³/mol. The molecular weight excluding hydrogens is 552 g/mol. The number of hydrogen-bond donors (Lipinski definition) is 2. The molecule has 2 heterocycles. The summed E-state index contributed by atoms with van der Waals surface area (Å²) in [7, 11) is 0. The third kappa shape index (κ3) is 9.00.